The number of rotatable bonds is 4. The maximum Gasteiger partial charge on any atom is 0.227 e. The van der Waals surface area contributed by atoms with E-state index in [2.05, 4.69) is 52.2 Å². The molecule has 0 saturated carbocycles. The molecule has 0 aliphatic rings. The van der Waals surface area contributed by atoms with Gasteiger partial charge in [-0.25, -0.2) is 0 Å². The quantitative estimate of drug-likeness (QED) is 0.569. The molecule has 0 aromatic heterocycles. The average Bonchev–Trinajstić information content (AvgIpc) is 2.37. The minimum Gasteiger partial charge on any atom is -0.361 e. The van der Waals surface area contributed by atoms with Crippen LogP contribution in [0.25, 0.3) is 0 Å². The lowest BCUT2D eigenvalue weighted by molar-refractivity contribution is -0.130. The van der Waals surface area contributed by atoms with Crippen molar-refractivity contribution in [1.82, 2.24) is 10.6 Å². The van der Waals surface area contributed by atoms with Crippen molar-refractivity contribution in [2.24, 2.45) is 21.7 Å². The summed E-state index contributed by atoms with van der Waals surface area (Å²) < 4.78 is 5.33. The van der Waals surface area contributed by atoms with Crippen molar-refractivity contribution in [3.63, 3.8) is 0 Å². The van der Waals surface area contributed by atoms with Crippen molar-refractivity contribution < 1.29 is 14.3 Å². The Morgan fingerprint density at radius 3 is 1.35 bits per heavy atom. The number of nitrogens with one attached hydrogen (secondary N) is 2. The van der Waals surface area contributed by atoms with Gasteiger partial charge in [0.15, 0.2) is 0 Å². The Morgan fingerprint density at radius 2 is 1.04 bits per heavy atom. The summed E-state index contributed by atoms with van der Waals surface area (Å²) in [5, 5.41) is 5.66. The maximum absolute atomic E-state index is 11.4. The monoisotopic (exact) mass is 372 g/mol. The van der Waals surface area contributed by atoms with Gasteiger partial charge < -0.3 is 15.4 Å². The van der Waals surface area contributed by atoms with Gasteiger partial charge in [0.25, 0.3) is 0 Å². The molecule has 2 N–H and O–H groups in total. The van der Waals surface area contributed by atoms with E-state index in [4.69, 9.17) is 4.74 Å². The van der Waals surface area contributed by atoms with E-state index in [0.29, 0.717) is 13.3 Å². The van der Waals surface area contributed by atoms with Crippen LogP contribution in [0.1, 0.15) is 83.1 Å². The minimum atomic E-state index is -0.342. The normalized spacial score (nSPS) is 12.8. The van der Waals surface area contributed by atoms with Crippen molar-refractivity contribution in [2.45, 2.75) is 83.1 Å². The van der Waals surface area contributed by atoms with Gasteiger partial charge in [-0.2, -0.15) is 0 Å². The highest BCUT2D eigenvalue weighted by molar-refractivity contribution is 5.81. The molecule has 0 heterocycles. The number of hydrogen-bond donors (Lipinski definition) is 2. The molecule has 0 unspecified atom stereocenters. The standard InChI is InChI=1S/C11H23NO2.C10H21NO/c1-10(2,3)7-14-8-12-9(13)11(4,5)6;1-9(2,3)7-11-8(12)10(4,5)6/h7-8H2,1-6H3,(H,12,13);7H2,1-6H3,(H,11,12). The molecule has 5 nitrogen and oxygen atoms in total. The fraction of sp³-hybridized carbons (Fsp3) is 0.905. The molecule has 0 spiro atoms. The van der Waals surface area contributed by atoms with Crippen LogP contribution in [-0.4, -0.2) is 31.7 Å². The summed E-state index contributed by atoms with van der Waals surface area (Å²) in [6.07, 6.45) is 0. The minimum absolute atomic E-state index is 0.0198. The van der Waals surface area contributed by atoms with Gasteiger partial charge in [0.1, 0.15) is 6.73 Å². The lowest BCUT2D eigenvalue weighted by Crippen LogP contribution is -2.39. The number of amides is 2. The lowest BCUT2D eigenvalue weighted by atomic mass is 9.93. The van der Waals surface area contributed by atoms with Crippen LogP contribution in [-0.2, 0) is 14.3 Å². The molecule has 0 rings (SSSR count). The third kappa shape index (κ3) is 17.7. The Hall–Kier alpha value is -1.10. The largest absolute Gasteiger partial charge is 0.361 e. The Bertz CT molecular complexity index is 430. The molecule has 0 aromatic carbocycles. The third-order valence-electron chi connectivity index (χ3n) is 3.01. The van der Waals surface area contributed by atoms with E-state index < -0.39 is 0 Å². The van der Waals surface area contributed by atoms with Crippen LogP contribution in [0.5, 0.6) is 0 Å². The highest BCUT2D eigenvalue weighted by Crippen LogP contribution is 2.15. The van der Waals surface area contributed by atoms with E-state index in [-0.39, 0.29) is 33.5 Å². The van der Waals surface area contributed by atoms with E-state index in [9.17, 15) is 9.59 Å². The fourth-order valence-corrected chi connectivity index (χ4v) is 1.35. The molecule has 26 heavy (non-hydrogen) atoms. The maximum atomic E-state index is 11.4. The second-order valence-electron chi connectivity index (χ2n) is 11.3. The predicted molar refractivity (Wildman–Crippen MR) is 110 cm³/mol. The third-order valence-corrected chi connectivity index (χ3v) is 3.01. The Balaban J connectivity index is 0. The van der Waals surface area contributed by atoms with Crippen molar-refractivity contribution in [3.8, 4) is 0 Å². The Morgan fingerprint density at radius 1 is 0.654 bits per heavy atom. The van der Waals surface area contributed by atoms with Crippen molar-refractivity contribution in [3.05, 3.63) is 0 Å². The van der Waals surface area contributed by atoms with Gasteiger partial charge in [0, 0.05) is 17.4 Å². The van der Waals surface area contributed by atoms with Gasteiger partial charge in [0.05, 0.1) is 6.61 Å². The molecular weight excluding hydrogens is 328 g/mol. The number of carbonyl (C=O) groups excluding carboxylic acids is 2. The molecule has 0 saturated heterocycles. The molecule has 0 radical (unpaired) electrons. The molecule has 0 aliphatic carbocycles. The highest BCUT2D eigenvalue weighted by atomic mass is 16.5. The Kier molecular flexibility index (Phi) is 10.7. The first-order chi connectivity index (χ1) is 11.3. The smallest absolute Gasteiger partial charge is 0.227 e. The van der Waals surface area contributed by atoms with E-state index in [1.807, 2.05) is 41.5 Å². The van der Waals surface area contributed by atoms with Crippen LogP contribution in [0.4, 0.5) is 0 Å². The van der Waals surface area contributed by atoms with Crippen LogP contribution in [0.15, 0.2) is 0 Å². The summed E-state index contributed by atoms with van der Waals surface area (Å²) >= 11 is 0. The van der Waals surface area contributed by atoms with Crippen LogP contribution in [0.3, 0.4) is 0 Å². The number of ether oxygens (including phenoxy) is 1. The summed E-state index contributed by atoms with van der Waals surface area (Å²) in [5.41, 5.74) is -0.302. The van der Waals surface area contributed by atoms with E-state index in [1.165, 1.54) is 0 Å². The van der Waals surface area contributed by atoms with Crippen molar-refractivity contribution in [1.29, 1.82) is 0 Å². The van der Waals surface area contributed by atoms with Crippen molar-refractivity contribution >= 4 is 11.8 Å². The van der Waals surface area contributed by atoms with Crippen LogP contribution in [0.2, 0.25) is 0 Å². The highest BCUT2D eigenvalue weighted by Gasteiger charge is 2.22. The summed E-state index contributed by atoms with van der Waals surface area (Å²) in [6, 6.07) is 0. The molecule has 0 fully saturated rings. The summed E-state index contributed by atoms with van der Waals surface area (Å²) in [4.78, 5) is 22.8. The molecule has 5 heteroatoms. The van der Waals surface area contributed by atoms with Crippen LogP contribution >= 0.6 is 0 Å². The lowest BCUT2D eigenvalue weighted by Gasteiger charge is -2.23. The summed E-state index contributed by atoms with van der Waals surface area (Å²) in [5.74, 6) is 0.142. The van der Waals surface area contributed by atoms with Gasteiger partial charge in [-0.05, 0) is 10.8 Å². The summed E-state index contributed by atoms with van der Waals surface area (Å²) in [6.45, 7) is 25.7. The fourth-order valence-electron chi connectivity index (χ4n) is 1.35. The van der Waals surface area contributed by atoms with Crippen LogP contribution < -0.4 is 10.6 Å². The van der Waals surface area contributed by atoms with Crippen LogP contribution in [0, 0.1) is 21.7 Å². The van der Waals surface area contributed by atoms with E-state index >= 15 is 0 Å². The number of carbonyl (C=O) groups is 2. The zero-order chi connectivity index (χ0) is 21.4. The van der Waals surface area contributed by atoms with Gasteiger partial charge in [-0.3, -0.25) is 9.59 Å². The van der Waals surface area contributed by atoms with Gasteiger partial charge in [-0.1, -0.05) is 83.1 Å². The Labute approximate surface area is 162 Å². The number of hydrogen-bond acceptors (Lipinski definition) is 3. The van der Waals surface area contributed by atoms with Gasteiger partial charge in [0.2, 0.25) is 11.8 Å². The molecule has 0 aliphatic heterocycles. The van der Waals surface area contributed by atoms with E-state index in [1.54, 1.807) is 0 Å². The zero-order valence-electron chi connectivity index (χ0n) is 19.3. The van der Waals surface area contributed by atoms with Crippen molar-refractivity contribution in [2.75, 3.05) is 19.9 Å². The SMILES string of the molecule is CC(C)(C)CNC(=O)C(C)(C)C.CC(C)(C)COCNC(=O)C(C)(C)C. The first-order valence-corrected chi connectivity index (χ1v) is 9.40. The second kappa shape index (κ2) is 10.3. The van der Waals surface area contributed by atoms with Gasteiger partial charge in [-0.15, -0.1) is 0 Å². The molecular formula is C21H44N2O3. The van der Waals surface area contributed by atoms with Gasteiger partial charge >= 0.3 is 0 Å². The average molecular weight is 373 g/mol. The van der Waals surface area contributed by atoms with E-state index in [0.717, 1.165) is 6.54 Å². The first-order valence-electron chi connectivity index (χ1n) is 9.40. The molecule has 0 aromatic rings. The second-order valence-corrected chi connectivity index (χ2v) is 11.3. The molecule has 0 bridgehead atoms. The first kappa shape index (κ1) is 27.1. The zero-order valence-corrected chi connectivity index (χ0v) is 19.3. The topological polar surface area (TPSA) is 67.4 Å². The molecule has 2 amide bonds. The molecule has 156 valence electrons. The predicted octanol–water partition coefficient (Wildman–Crippen LogP) is 4.36. The summed E-state index contributed by atoms with van der Waals surface area (Å²) in [7, 11) is 0. The molecule has 0 atom stereocenters.